The van der Waals surface area contributed by atoms with Crippen molar-refractivity contribution in [2.45, 2.75) is 43.9 Å². The topological polar surface area (TPSA) is 74.8 Å². The number of nitrogens with zero attached hydrogens (tertiary/aromatic N) is 4. The number of aromatic amines is 1. The first-order chi connectivity index (χ1) is 13.9. The Balaban J connectivity index is 1.33. The minimum absolute atomic E-state index is 0.0461. The SMILES string of the molecule is O=C(c1nc2ccccc2[nH]1)N1C2CCC1C(Cc1cnc(C(F)(F)F)cn1)C2. The number of alkyl halides is 3. The van der Waals surface area contributed by atoms with Crippen LogP contribution >= 0.6 is 0 Å². The number of amides is 1. The molecule has 4 heterocycles. The predicted molar refractivity (Wildman–Crippen MR) is 97.9 cm³/mol. The van der Waals surface area contributed by atoms with Gasteiger partial charge in [0.25, 0.3) is 5.91 Å². The number of hydrogen-bond acceptors (Lipinski definition) is 4. The molecular formula is C20H18F3N5O. The Bertz CT molecular complexity index is 1030. The number of hydrogen-bond donors (Lipinski definition) is 1. The van der Waals surface area contributed by atoms with Crippen molar-refractivity contribution in [1.82, 2.24) is 24.8 Å². The average molecular weight is 401 g/mol. The van der Waals surface area contributed by atoms with Crippen molar-refractivity contribution in [3.05, 3.63) is 53.9 Å². The molecule has 2 fully saturated rings. The lowest BCUT2D eigenvalue weighted by atomic mass is 9.86. The van der Waals surface area contributed by atoms with Gasteiger partial charge in [-0.1, -0.05) is 12.1 Å². The van der Waals surface area contributed by atoms with Crippen LogP contribution in [0.4, 0.5) is 13.2 Å². The van der Waals surface area contributed by atoms with Crippen molar-refractivity contribution >= 4 is 16.9 Å². The summed E-state index contributed by atoms with van der Waals surface area (Å²) in [7, 11) is 0. The summed E-state index contributed by atoms with van der Waals surface area (Å²) in [5.41, 5.74) is 1.10. The molecule has 3 atom stereocenters. The van der Waals surface area contributed by atoms with Gasteiger partial charge in [-0.2, -0.15) is 13.2 Å². The normalized spacial score (nSPS) is 23.8. The summed E-state index contributed by atoms with van der Waals surface area (Å²) in [6, 6.07) is 7.67. The second-order valence-corrected chi connectivity index (χ2v) is 7.70. The predicted octanol–water partition coefficient (Wildman–Crippen LogP) is 3.61. The molecule has 5 rings (SSSR count). The van der Waals surface area contributed by atoms with E-state index in [4.69, 9.17) is 0 Å². The molecule has 3 unspecified atom stereocenters. The van der Waals surface area contributed by atoms with Crippen LogP contribution in [-0.4, -0.2) is 42.8 Å². The first-order valence-corrected chi connectivity index (χ1v) is 9.55. The molecule has 2 aliphatic heterocycles. The van der Waals surface area contributed by atoms with E-state index in [1.807, 2.05) is 29.2 Å². The number of rotatable bonds is 3. The molecule has 6 nitrogen and oxygen atoms in total. The van der Waals surface area contributed by atoms with E-state index < -0.39 is 11.9 Å². The average Bonchev–Trinajstić information content (AvgIpc) is 3.39. The third-order valence-electron chi connectivity index (χ3n) is 5.96. The number of halogens is 3. The highest BCUT2D eigenvalue weighted by Crippen LogP contribution is 2.43. The van der Waals surface area contributed by atoms with Crippen molar-refractivity contribution in [3.63, 3.8) is 0 Å². The van der Waals surface area contributed by atoms with Crippen LogP contribution in [-0.2, 0) is 12.6 Å². The molecule has 0 radical (unpaired) electrons. The van der Waals surface area contributed by atoms with Gasteiger partial charge in [0.1, 0.15) is 0 Å². The van der Waals surface area contributed by atoms with Gasteiger partial charge in [0.05, 0.1) is 22.9 Å². The fourth-order valence-electron chi connectivity index (χ4n) is 4.70. The van der Waals surface area contributed by atoms with Gasteiger partial charge in [-0.3, -0.25) is 9.78 Å². The number of fused-ring (bicyclic) bond motifs is 3. The number of benzene rings is 1. The van der Waals surface area contributed by atoms with Crippen LogP contribution in [0.15, 0.2) is 36.7 Å². The summed E-state index contributed by atoms with van der Waals surface area (Å²) >= 11 is 0. The lowest BCUT2D eigenvalue weighted by molar-refractivity contribution is -0.141. The molecule has 3 aromatic rings. The van der Waals surface area contributed by atoms with Gasteiger partial charge < -0.3 is 9.88 Å². The van der Waals surface area contributed by atoms with Gasteiger partial charge >= 0.3 is 6.18 Å². The molecule has 1 aromatic carbocycles. The van der Waals surface area contributed by atoms with E-state index in [9.17, 15) is 18.0 Å². The standard InChI is InChI=1S/C20H18F3N5O/c21-20(22,23)17-10-24-12(9-25-17)7-11-8-13-5-6-16(11)28(13)19(29)18-26-14-3-1-2-4-15(14)27-18/h1-4,9-11,13,16H,5-8H2,(H,26,27). The fraction of sp³-hybridized carbons (Fsp3) is 0.400. The number of aromatic nitrogens is 4. The Kier molecular flexibility index (Phi) is 4.07. The summed E-state index contributed by atoms with van der Waals surface area (Å²) in [5, 5.41) is 0. The van der Waals surface area contributed by atoms with Crippen molar-refractivity contribution in [2.75, 3.05) is 0 Å². The maximum atomic E-state index is 13.1. The van der Waals surface area contributed by atoms with E-state index in [1.54, 1.807) is 0 Å². The summed E-state index contributed by atoms with van der Waals surface area (Å²) in [5.74, 6) is 0.376. The highest BCUT2D eigenvalue weighted by atomic mass is 19.4. The Hall–Kier alpha value is -2.97. The lowest BCUT2D eigenvalue weighted by Gasteiger charge is -2.23. The van der Waals surface area contributed by atoms with Crippen LogP contribution in [0.25, 0.3) is 11.0 Å². The van der Waals surface area contributed by atoms with Gasteiger partial charge in [-0.25, -0.2) is 9.97 Å². The van der Waals surface area contributed by atoms with Crippen LogP contribution in [0.2, 0.25) is 0 Å². The minimum Gasteiger partial charge on any atom is -0.334 e. The molecule has 1 N–H and O–H groups in total. The van der Waals surface area contributed by atoms with Gasteiger partial charge in [-0.05, 0) is 43.7 Å². The van der Waals surface area contributed by atoms with Crippen molar-refractivity contribution in [1.29, 1.82) is 0 Å². The van der Waals surface area contributed by atoms with Crippen LogP contribution in [0.5, 0.6) is 0 Å². The van der Waals surface area contributed by atoms with E-state index in [0.29, 0.717) is 17.9 Å². The summed E-state index contributed by atoms with van der Waals surface area (Å²) in [6.45, 7) is 0. The molecule has 0 aliphatic carbocycles. The molecule has 0 saturated carbocycles. The molecule has 2 aliphatic rings. The zero-order chi connectivity index (χ0) is 20.2. The highest BCUT2D eigenvalue weighted by Gasteiger charge is 2.49. The van der Waals surface area contributed by atoms with E-state index in [0.717, 1.165) is 36.5 Å². The zero-order valence-corrected chi connectivity index (χ0v) is 15.4. The smallest absolute Gasteiger partial charge is 0.334 e. The molecular weight excluding hydrogens is 383 g/mol. The summed E-state index contributed by atoms with van der Waals surface area (Å²) in [4.78, 5) is 30.0. The van der Waals surface area contributed by atoms with Crippen molar-refractivity contribution in [3.8, 4) is 0 Å². The summed E-state index contributed by atoms with van der Waals surface area (Å²) in [6.07, 6.45) is 0.630. The largest absolute Gasteiger partial charge is 0.434 e. The van der Waals surface area contributed by atoms with Crippen LogP contribution in [0, 0.1) is 5.92 Å². The van der Waals surface area contributed by atoms with Crippen molar-refractivity contribution in [2.24, 2.45) is 5.92 Å². The monoisotopic (exact) mass is 401 g/mol. The Morgan fingerprint density at radius 1 is 1.17 bits per heavy atom. The molecule has 2 bridgehead atoms. The van der Waals surface area contributed by atoms with Crippen LogP contribution in [0.3, 0.4) is 0 Å². The molecule has 150 valence electrons. The molecule has 2 saturated heterocycles. The van der Waals surface area contributed by atoms with Gasteiger partial charge in [0.15, 0.2) is 11.5 Å². The maximum absolute atomic E-state index is 13.1. The summed E-state index contributed by atoms with van der Waals surface area (Å²) < 4.78 is 38.0. The van der Waals surface area contributed by atoms with Crippen LogP contribution < -0.4 is 0 Å². The van der Waals surface area contributed by atoms with Crippen LogP contribution in [0.1, 0.15) is 41.3 Å². The Morgan fingerprint density at radius 2 is 2.00 bits per heavy atom. The van der Waals surface area contributed by atoms with E-state index in [-0.39, 0.29) is 23.9 Å². The Morgan fingerprint density at radius 3 is 2.72 bits per heavy atom. The molecule has 1 amide bonds. The molecule has 2 aromatic heterocycles. The van der Waals surface area contributed by atoms with Gasteiger partial charge in [-0.15, -0.1) is 0 Å². The maximum Gasteiger partial charge on any atom is 0.434 e. The number of H-pyrrole nitrogens is 1. The zero-order valence-electron chi connectivity index (χ0n) is 15.4. The third-order valence-corrected chi connectivity index (χ3v) is 5.96. The molecule has 0 spiro atoms. The number of carbonyl (C=O) groups is 1. The Labute approximate surface area is 164 Å². The molecule has 29 heavy (non-hydrogen) atoms. The van der Waals surface area contributed by atoms with Gasteiger partial charge in [0.2, 0.25) is 0 Å². The lowest BCUT2D eigenvalue weighted by Crippen LogP contribution is -2.37. The number of carbonyl (C=O) groups excluding carboxylic acids is 1. The second-order valence-electron chi connectivity index (χ2n) is 7.70. The second kappa shape index (κ2) is 6.53. The van der Waals surface area contributed by atoms with Gasteiger partial charge in [0, 0.05) is 18.3 Å². The fourth-order valence-corrected chi connectivity index (χ4v) is 4.70. The minimum atomic E-state index is -4.49. The number of imidazole rings is 1. The van der Waals surface area contributed by atoms with E-state index in [2.05, 4.69) is 19.9 Å². The highest BCUT2D eigenvalue weighted by molar-refractivity contribution is 5.95. The number of para-hydroxylation sites is 2. The van der Waals surface area contributed by atoms with Crippen molar-refractivity contribution < 1.29 is 18.0 Å². The number of nitrogens with one attached hydrogen (secondary N) is 1. The first-order valence-electron chi connectivity index (χ1n) is 9.55. The quantitative estimate of drug-likeness (QED) is 0.728. The molecule has 9 heteroatoms. The first kappa shape index (κ1) is 18.1. The third kappa shape index (κ3) is 3.14. The van der Waals surface area contributed by atoms with E-state index in [1.165, 1.54) is 6.20 Å². The van der Waals surface area contributed by atoms with E-state index >= 15 is 0 Å².